The third kappa shape index (κ3) is 8.00. The molecule has 1 amide bonds. The van der Waals surface area contributed by atoms with Gasteiger partial charge in [-0.3, -0.25) is 4.79 Å². The molecule has 0 saturated carbocycles. The van der Waals surface area contributed by atoms with Crippen LogP contribution in [-0.2, 0) is 5.41 Å². The first-order valence-electron chi connectivity index (χ1n) is 13.6. The highest BCUT2D eigenvalue weighted by Crippen LogP contribution is 2.45. The van der Waals surface area contributed by atoms with Crippen LogP contribution >= 0.6 is 11.6 Å². The third-order valence-corrected chi connectivity index (χ3v) is 7.61. The van der Waals surface area contributed by atoms with E-state index in [0.29, 0.717) is 23.3 Å². The SMILES string of the molecule is C/C=C/CCCC(C)N(CC)CCC1(C)CN(C(=O)c2c(F)cccc2F)c2ccc(Cl)cc21.C/C=C\C. The lowest BCUT2D eigenvalue weighted by atomic mass is 9.81. The van der Waals surface area contributed by atoms with E-state index in [9.17, 15) is 13.6 Å². The average molecular weight is 545 g/mol. The Morgan fingerprint density at radius 3 is 2.37 bits per heavy atom. The summed E-state index contributed by atoms with van der Waals surface area (Å²) in [6, 6.07) is 9.33. The molecule has 2 atom stereocenters. The van der Waals surface area contributed by atoms with Gasteiger partial charge < -0.3 is 9.80 Å². The number of hydrogen-bond acceptors (Lipinski definition) is 2. The van der Waals surface area contributed by atoms with Crippen molar-refractivity contribution < 1.29 is 13.6 Å². The first-order chi connectivity index (χ1) is 18.1. The van der Waals surface area contributed by atoms with E-state index in [-0.39, 0.29) is 5.41 Å². The van der Waals surface area contributed by atoms with Gasteiger partial charge in [-0.15, -0.1) is 0 Å². The summed E-state index contributed by atoms with van der Waals surface area (Å²) < 4.78 is 28.8. The van der Waals surface area contributed by atoms with Gasteiger partial charge in [0.2, 0.25) is 0 Å². The number of amides is 1. The quantitative estimate of drug-likeness (QED) is 0.220. The largest absolute Gasteiger partial charge is 0.307 e. The highest BCUT2D eigenvalue weighted by Gasteiger charge is 2.42. The third-order valence-electron chi connectivity index (χ3n) is 7.37. The summed E-state index contributed by atoms with van der Waals surface area (Å²) in [5, 5.41) is 0.584. The number of carbonyl (C=O) groups excluding carboxylic acids is 1. The summed E-state index contributed by atoms with van der Waals surface area (Å²) in [4.78, 5) is 17.3. The Morgan fingerprint density at radius 2 is 1.79 bits per heavy atom. The maximum absolute atomic E-state index is 14.4. The summed E-state index contributed by atoms with van der Waals surface area (Å²) in [5.41, 5.74) is 0.719. The Bertz CT molecular complexity index is 1090. The van der Waals surface area contributed by atoms with Crippen LogP contribution in [0.25, 0.3) is 0 Å². The fourth-order valence-electron chi connectivity index (χ4n) is 4.94. The normalized spacial score (nSPS) is 17.7. The van der Waals surface area contributed by atoms with Gasteiger partial charge in [0.15, 0.2) is 0 Å². The Morgan fingerprint density at radius 1 is 1.13 bits per heavy atom. The summed E-state index contributed by atoms with van der Waals surface area (Å²) in [5.74, 6) is -2.36. The van der Waals surface area contributed by atoms with Gasteiger partial charge in [0.1, 0.15) is 17.2 Å². The number of halogens is 3. The zero-order valence-electron chi connectivity index (χ0n) is 23.7. The van der Waals surface area contributed by atoms with Crippen LogP contribution in [0.15, 0.2) is 60.7 Å². The zero-order valence-corrected chi connectivity index (χ0v) is 24.5. The molecular formula is C32H43ClF2N2O. The minimum atomic E-state index is -0.849. The highest BCUT2D eigenvalue weighted by atomic mass is 35.5. The molecule has 0 aliphatic carbocycles. The van der Waals surface area contributed by atoms with Crippen LogP contribution < -0.4 is 4.90 Å². The molecule has 2 aromatic rings. The van der Waals surface area contributed by atoms with Gasteiger partial charge in [0, 0.05) is 28.7 Å². The second kappa shape index (κ2) is 15.2. The Balaban J connectivity index is 0.00000118. The molecule has 3 nitrogen and oxygen atoms in total. The number of unbranched alkanes of at least 4 members (excludes halogenated alkanes) is 1. The number of nitrogens with zero attached hydrogens (tertiary/aromatic N) is 2. The number of anilines is 1. The van der Waals surface area contributed by atoms with E-state index in [2.05, 4.69) is 37.8 Å². The number of allylic oxidation sites excluding steroid dienone is 4. The van der Waals surface area contributed by atoms with E-state index in [0.717, 1.165) is 56.5 Å². The second-order valence-corrected chi connectivity index (χ2v) is 10.5. The van der Waals surface area contributed by atoms with Crippen LogP contribution in [0.4, 0.5) is 14.5 Å². The number of fused-ring (bicyclic) bond motifs is 1. The predicted octanol–water partition coefficient (Wildman–Crippen LogP) is 8.97. The molecule has 0 radical (unpaired) electrons. The van der Waals surface area contributed by atoms with Crippen LogP contribution in [0, 0.1) is 11.6 Å². The molecule has 0 spiro atoms. The Hall–Kier alpha value is -2.50. The van der Waals surface area contributed by atoms with Gasteiger partial charge in [-0.05, 0) is 102 Å². The van der Waals surface area contributed by atoms with Gasteiger partial charge in [0.05, 0.1) is 0 Å². The summed E-state index contributed by atoms with van der Waals surface area (Å²) in [7, 11) is 0. The van der Waals surface area contributed by atoms with Gasteiger partial charge in [-0.2, -0.15) is 0 Å². The lowest BCUT2D eigenvalue weighted by molar-refractivity contribution is 0.0975. The van der Waals surface area contributed by atoms with Crippen molar-refractivity contribution in [3.63, 3.8) is 0 Å². The standard InChI is InChI=1S/C28H35ClF2N2O.C4H8/c1-5-7-8-9-11-20(3)32(6-2)17-16-28(4)19-33(25-15-14-21(29)18-22(25)28)27(34)26-23(30)12-10-13-24(26)31;1-3-4-2/h5,7,10,12-15,18,20H,6,8-9,11,16-17,19H2,1-4H3;3-4H,1-2H3/b7-5+;4-3-. The molecule has 2 aromatic carbocycles. The molecule has 0 aromatic heterocycles. The number of carbonyl (C=O) groups is 1. The highest BCUT2D eigenvalue weighted by molar-refractivity contribution is 6.30. The zero-order chi connectivity index (χ0) is 28.3. The molecule has 0 bridgehead atoms. The maximum atomic E-state index is 14.4. The number of benzene rings is 2. The molecule has 3 rings (SSSR count). The molecule has 208 valence electrons. The lowest BCUT2D eigenvalue weighted by Crippen LogP contribution is -2.40. The van der Waals surface area contributed by atoms with Crippen LogP contribution in [0.5, 0.6) is 0 Å². The number of rotatable bonds is 10. The van der Waals surface area contributed by atoms with Crippen LogP contribution in [0.1, 0.15) is 83.1 Å². The van der Waals surface area contributed by atoms with Crippen LogP contribution in [0.3, 0.4) is 0 Å². The molecule has 1 heterocycles. The van der Waals surface area contributed by atoms with Crippen LogP contribution in [0.2, 0.25) is 5.02 Å². The van der Waals surface area contributed by atoms with E-state index in [4.69, 9.17) is 11.6 Å². The van der Waals surface area contributed by atoms with Gasteiger partial charge in [-0.1, -0.05) is 55.8 Å². The second-order valence-electron chi connectivity index (χ2n) is 10.1. The molecule has 0 N–H and O–H groups in total. The van der Waals surface area contributed by atoms with Crippen molar-refractivity contribution in [3.05, 3.63) is 88.5 Å². The molecule has 1 aliphatic rings. The van der Waals surface area contributed by atoms with Crippen molar-refractivity contribution in [1.82, 2.24) is 4.90 Å². The Labute approximate surface area is 233 Å². The topological polar surface area (TPSA) is 23.6 Å². The van der Waals surface area contributed by atoms with E-state index < -0.39 is 23.1 Å². The molecule has 38 heavy (non-hydrogen) atoms. The van der Waals surface area contributed by atoms with E-state index in [1.807, 2.05) is 39.0 Å². The number of hydrogen-bond donors (Lipinski definition) is 0. The van der Waals surface area contributed by atoms with Gasteiger partial charge in [-0.25, -0.2) is 8.78 Å². The van der Waals surface area contributed by atoms with Gasteiger partial charge >= 0.3 is 0 Å². The first-order valence-corrected chi connectivity index (χ1v) is 14.0. The van der Waals surface area contributed by atoms with E-state index in [1.165, 1.54) is 11.0 Å². The lowest BCUT2D eigenvalue weighted by Gasteiger charge is -2.33. The fraction of sp³-hybridized carbons (Fsp3) is 0.469. The average Bonchev–Trinajstić information content (AvgIpc) is 3.19. The van der Waals surface area contributed by atoms with Gasteiger partial charge in [0.25, 0.3) is 5.91 Å². The summed E-state index contributed by atoms with van der Waals surface area (Å²) in [6.07, 6.45) is 12.4. The molecule has 1 aliphatic heterocycles. The van der Waals surface area contributed by atoms with Crippen molar-refractivity contribution in [1.29, 1.82) is 0 Å². The molecular weight excluding hydrogens is 502 g/mol. The monoisotopic (exact) mass is 544 g/mol. The van der Waals surface area contributed by atoms with Crippen molar-refractivity contribution >= 4 is 23.2 Å². The fourth-order valence-corrected chi connectivity index (χ4v) is 5.11. The van der Waals surface area contributed by atoms with Crippen molar-refractivity contribution in [2.24, 2.45) is 0 Å². The molecule has 0 saturated heterocycles. The molecule has 2 unspecified atom stereocenters. The molecule has 6 heteroatoms. The van der Waals surface area contributed by atoms with Crippen molar-refractivity contribution in [3.8, 4) is 0 Å². The minimum Gasteiger partial charge on any atom is -0.307 e. The first kappa shape index (κ1) is 31.7. The maximum Gasteiger partial charge on any atom is 0.264 e. The molecule has 0 fully saturated rings. The Kier molecular flexibility index (Phi) is 12.7. The van der Waals surface area contributed by atoms with E-state index >= 15 is 0 Å². The summed E-state index contributed by atoms with van der Waals surface area (Å²) >= 11 is 6.33. The smallest absolute Gasteiger partial charge is 0.264 e. The predicted molar refractivity (Wildman–Crippen MR) is 157 cm³/mol. The minimum absolute atomic E-state index is 0.350. The van der Waals surface area contributed by atoms with Crippen molar-refractivity contribution in [2.75, 3.05) is 24.5 Å². The summed E-state index contributed by atoms with van der Waals surface area (Å²) in [6.45, 7) is 14.7. The van der Waals surface area contributed by atoms with Crippen LogP contribution in [-0.4, -0.2) is 36.5 Å². The van der Waals surface area contributed by atoms with E-state index in [1.54, 1.807) is 12.1 Å². The van der Waals surface area contributed by atoms with Crippen molar-refractivity contribution in [2.45, 2.75) is 78.7 Å².